The van der Waals surface area contributed by atoms with Crippen molar-refractivity contribution < 1.29 is 9.59 Å². The number of nitrogens with one attached hydrogen (secondary N) is 1. The Labute approximate surface area is 95.4 Å². The summed E-state index contributed by atoms with van der Waals surface area (Å²) in [5.74, 6) is 0.0573. The minimum Gasteiger partial charge on any atom is -0.323 e. The van der Waals surface area contributed by atoms with Crippen LogP contribution in [0, 0.1) is 0 Å². The van der Waals surface area contributed by atoms with Crippen molar-refractivity contribution in [1.82, 2.24) is 10.2 Å². The summed E-state index contributed by atoms with van der Waals surface area (Å²) in [5.41, 5.74) is -0.514. The number of imide groups is 1. The van der Waals surface area contributed by atoms with Gasteiger partial charge in [-0.05, 0) is 25.7 Å². The summed E-state index contributed by atoms with van der Waals surface area (Å²) in [6.07, 6.45) is 8.07. The van der Waals surface area contributed by atoms with Crippen molar-refractivity contribution in [1.29, 1.82) is 0 Å². The van der Waals surface area contributed by atoms with E-state index in [1.54, 1.807) is 0 Å². The lowest BCUT2D eigenvalue weighted by Gasteiger charge is -2.23. The number of rotatable bonds is 1. The molecule has 3 aliphatic rings. The zero-order valence-corrected chi connectivity index (χ0v) is 9.50. The third-order valence-corrected chi connectivity index (χ3v) is 4.34. The van der Waals surface area contributed by atoms with Crippen LogP contribution in [0.5, 0.6) is 0 Å². The van der Waals surface area contributed by atoms with Gasteiger partial charge in [0.2, 0.25) is 0 Å². The lowest BCUT2D eigenvalue weighted by molar-refractivity contribution is -0.132. The van der Waals surface area contributed by atoms with E-state index in [9.17, 15) is 9.59 Å². The highest BCUT2D eigenvalue weighted by molar-refractivity contribution is 6.07. The molecule has 0 atom stereocenters. The fourth-order valence-corrected chi connectivity index (χ4v) is 3.45. The maximum absolute atomic E-state index is 12.4. The van der Waals surface area contributed by atoms with Crippen LogP contribution in [0.4, 0.5) is 4.79 Å². The number of carbonyl (C=O) groups excluding carboxylic acids is 2. The number of urea groups is 1. The first-order valence-electron chi connectivity index (χ1n) is 6.39. The van der Waals surface area contributed by atoms with Gasteiger partial charge < -0.3 is 5.32 Å². The van der Waals surface area contributed by atoms with E-state index >= 15 is 0 Å². The van der Waals surface area contributed by atoms with Gasteiger partial charge in [-0.3, -0.25) is 9.69 Å². The van der Waals surface area contributed by atoms with Gasteiger partial charge in [-0.15, -0.1) is 0 Å². The van der Waals surface area contributed by atoms with Gasteiger partial charge in [-0.25, -0.2) is 4.79 Å². The van der Waals surface area contributed by atoms with Crippen LogP contribution in [-0.2, 0) is 4.79 Å². The van der Waals surface area contributed by atoms with Crippen molar-refractivity contribution in [3.8, 4) is 0 Å². The van der Waals surface area contributed by atoms with E-state index in [-0.39, 0.29) is 18.0 Å². The predicted molar refractivity (Wildman–Crippen MR) is 58.8 cm³/mol. The molecule has 1 saturated heterocycles. The zero-order valence-electron chi connectivity index (χ0n) is 9.50. The minimum absolute atomic E-state index is 0.0573. The van der Waals surface area contributed by atoms with Crippen LogP contribution in [0.15, 0.2) is 0 Å². The third kappa shape index (κ3) is 1.28. The topological polar surface area (TPSA) is 49.4 Å². The summed E-state index contributed by atoms with van der Waals surface area (Å²) in [4.78, 5) is 25.8. The Morgan fingerprint density at radius 1 is 1.06 bits per heavy atom. The minimum atomic E-state index is -0.514. The summed E-state index contributed by atoms with van der Waals surface area (Å²) in [7, 11) is 0. The Balaban J connectivity index is 1.84. The van der Waals surface area contributed by atoms with Gasteiger partial charge in [0.05, 0.1) is 0 Å². The quantitative estimate of drug-likeness (QED) is 0.688. The third-order valence-electron chi connectivity index (χ3n) is 4.34. The van der Waals surface area contributed by atoms with Crippen LogP contribution in [-0.4, -0.2) is 28.4 Å². The Bertz CT molecular complexity index is 328. The number of amides is 3. The number of nitrogens with zero attached hydrogens (tertiary/aromatic N) is 1. The van der Waals surface area contributed by atoms with E-state index in [0.717, 1.165) is 51.4 Å². The summed E-state index contributed by atoms with van der Waals surface area (Å²) < 4.78 is 0. The first-order chi connectivity index (χ1) is 7.73. The summed E-state index contributed by atoms with van der Waals surface area (Å²) in [6, 6.07) is 0.0336. The van der Waals surface area contributed by atoms with E-state index < -0.39 is 5.54 Å². The molecule has 0 aromatic carbocycles. The van der Waals surface area contributed by atoms with E-state index in [1.165, 1.54) is 4.90 Å². The van der Waals surface area contributed by atoms with Gasteiger partial charge >= 0.3 is 6.03 Å². The predicted octanol–water partition coefficient (Wildman–Crippen LogP) is 1.79. The zero-order chi connectivity index (χ0) is 11.2. The lowest BCUT2D eigenvalue weighted by atomic mass is 9.97. The molecule has 2 saturated carbocycles. The fraction of sp³-hybridized carbons (Fsp3) is 0.833. The molecule has 0 radical (unpaired) electrons. The van der Waals surface area contributed by atoms with E-state index in [2.05, 4.69) is 5.32 Å². The van der Waals surface area contributed by atoms with Crippen molar-refractivity contribution in [2.24, 2.45) is 0 Å². The Hall–Kier alpha value is -1.06. The van der Waals surface area contributed by atoms with Crippen molar-refractivity contribution in [3.63, 3.8) is 0 Å². The van der Waals surface area contributed by atoms with Gasteiger partial charge in [-0.2, -0.15) is 0 Å². The standard InChI is InChI=1S/C12H18N2O2/c15-10-12(7-3-4-8-12)13-11(16)14(10)9-5-1-2-6-9/h9H,1-8H2,(H,13,16). The number of carbonyl (C=O) groups is 2. The SMILES string of the molecule is O=C1NC2(CCCC2)C(=O)N1C1CCCC1. The molecule has 16 heavy (non-hydrogen) atoms. The van der Waals surface area contributed by atoms with Crippen molar-refractivity contribution in [2.75, 3.05) is 0 Å². The second kappa shape index (κ2) is 3.47. The molecule has 1 spiro atoms. The molecule has 2 aliphatic carbocycles. The number of hydrogen-bond acceptors (Lipinski definition) is 2. The highest BCUT2D eigenvalue weighted by Gasteiger charge is 2.54. The maximum atomic E-state index is 12.4. The van der Waals surface area contributed by atoms with E-state index in [0.29, 0.717) is 0 Å². The molecule has 1 N–H and O–H groups in total. The van der Waals surface area contributed by atoms with Crippen LogP contribution >= 0.6 is 0 Å². The van der Waals surface area contributed by atoms with E-state index in [4.69, 9.17) is 0 Å². The maximum Gasteiger partial charge on any atom is 0.325 e. The van der Waals surface area contributed by atoms with Crippen molar-refractivity contribution in [2.45, 2.75) is 62.9 Å². The Morgan fingerprint density at radius 3 is 2.31 bits per heavy atom. The van der Waals surface area contributed by atoms with Crippen LogP contribution in [0.2, 0.25) is 0 Å². The highest BCUT2D eigenvalue weighted by atomic mass is 16.2. The highest BCUT2D eigenvalue weighted by Crippen LogP contribution is 2.37. The molecule has 0 bridgehead atoms. The van der Waals surface area contributed by atoms with Crippen molar-refractivity contribution >= 4 is 11.9 Å². The van der Waals surface area contributed by atoms with Gasteiger partial charge in [0.25, 0.3) is 5.91 Å². The molecule has 3 fully saturated rings. The lowest BCUT2D eigenvalue weighted by Crippen LogP contribution is -2.45. The van der Waals surface area contributed by atoms with Crippen LogP contribution in [0.25, 0.3) is 0 Å². The molecular weight excluding hydrogens is 204 g/mol. The molecular formula is C12H18N2O2. The summed E-state index contributed by atoms with van der Waals surface area (Å²) in [6.45, 7) is 0. The largest absolute Gasteiger partial charge is 0.325 e. The molecule has 88 valence electrons. The van der Waals surface area contributed by atoms with Crippen molar-refractivity contribution in [3.05, 3.63) is 0 Å². The smallest absolute Gasteiger partial charge is 0.323 e. The van der Waals surface area contributed by atoms with E-state index in [1.807, 2.05) is 0 Å². The monoisotopic (exact) mass is 222 g/mol. The Kier molecular flexibility index (Phi) is 2.19. The van der Waals surface area contributed by atoms with Crippen LogP contribution in [0.3, 0.4) is 0 Å². The molecule has 1 heterocycles. The van der Waals surface area contributed by atoms with Gasteiger partial charge in [0, 0.05) is 6.04 Å². The van der Waals surface area contributed by atoms with Crippen LogP contribution in [0.1, 0.15) is 51.4 Å². The number of hydrogen-bond donors (Lipinski definition) is 1. The molecule has 0 aromatic heterocycles. The second-order valence-corrected chi connectivity index (χ2v) is 5.33. The molecule has 3 amide bonds. The average Bonchev–Trinajstić information content (AvgIpc) is 2.92. The first-order valence-corrected chi connectivity index (χ1v) is 6.39. The van der Waals surface area contributed by atoms with Gasteiger partial charge in [-0.1, -0.05) is 25.7 Å². The van der Waals surface area contributed by atoms with Crippen LogP contribution < -0.4 is 5.32 Å². The average molecular weight is 222 g/mol. The molecule has 0 aromatic rings. The molecule has 0 unspecified atom stereocenters. The van der Waals surface area contributed by atoms with Gasteiger partial charge in [0.15, 0.2) is 0 Å². The van der Waals surface area contributed by atoms with Gasteiger partial charge in [0.1, 0.15) is 5.54 Å². The first kappa shape index (κ1) is 10.1. The second-order valence-electron chi connectivity index (χ2n) is 5.33. The molecule has 1 aliphatic heterocycles. The molecule has 4 heteroatoms. The Morgan fingerprint density at radius 2 is 1.69 bits per heavy atom. The molecule has 3 rings (SSSR count). The summed E-state index contributed by atoms with van der Waals surface area (Å²) in [5, 5.41) is 2.94. The molecule has 4 nitrogen and oxygen atoms in total. The summed E-state index contributed by atoms with van der Waals surface area (Å²) >= 11 is 0. The fourth-order valence-electron chi connectivity index (χ4n) is 3.45. The normalized spacial score (nSPS) is 29.4.